The molecule has 0 nitrogen and oxygen atoms in total. The van der Waals surface area contributed by atoms with Crippen LogP contribution in [0.25, 0.3) is 0 Å². The fraction of sp³-hybridized carbons (Fsp3) is 0. The fourth-order valence-electron chi connectivity index (χ4n) is 0. The van der Waals surface area contributed by atoms with Gasteiger partial charge < -0.3 is 0 Å². The fourth-order valence-corrected chi connectivity index (χ4v) is 0. The zero-order chi connectivity index (χ0) is 0. The first-order valence-electron chi connectivity index (χ1n) is 0. The standard InChI is InChI=1S/11ClH.7Mg.14H/h11*1H;;;;;;;;;;;;;;;;;;;;;. The van der Waals surface area contributed by atoms with Gasteiger partial charge in [0.1, 0.15) is 0 Å². The monoisotopic (exact) mass is 578 g/mol. The Kier molecular flexibility index (Phi) is 2770. The predicted octanol–water partition coefficient (Wildman–Crippen LogP) is -1.77. The molecule has 0 aliphatic heterocycles. The van der Waals surface area contributed by atoms with Gasteiger partial charge in [0, 0.05) is 0 Å². The maximum atomic E-state index is 0. The quantitative estimate of drug-likeness (QED) is 0.296. The Morgan fingerprint density at radius 3 is 0.111 bits per heavy atom. The van der Waals surface area contributed by atoms with Gasteiger partial charge in [-0.2, -0.15) is 0 Å². The van der Waals surface area contributed by atoms with Gasteiger partial charge in [0.2, 0.25) is 0 Å². The van der Waals surface area contributed by atoms with E-state index in [1.165, 1.54) is 0 Å². The molecule has 0 unspecified atom stereocenters. The van der Waals surface area contributed by atoms with Gasteiger partial charge in [-0.1, -0.05) is 0 Å². The smallest absolute Gasteiger partial charge is 0.147 e. The molecule has 0 heterocycles. The van der Waals surface area contributed by atoms with Crippen LogP contribution in [-0.4, -0.2) is 161 Å². The maximum absolute atomic E-state index is 0. The molecule has 0 saturated heterocycles. The highest BCUT2D eigenvalue weighted by Gasteiger charge is 0.322. The van der Waals surface area contributed by atoms with E-state index >= 15 is 0 Å². The molecule has 18 heavy (non-hydrogen) atoms. The number of hydrogen-bond donors (Lipinski definition) is 0. The molecule has 0 saturated carbocycles. The summed E-state index contributed by atoms with van der Waals surface area (Å²) in [7, 11) is 0. The SMILES string of the molecule is Cl.Cl.Cl.Cl.Cl.Cl.Cl.Cl.Cl.Cl.Cl.[MgH2].[MgH2].[MgH2].[MgH2].[MgH2].[MgH2].[MgH2]. The molecule has 18 heteroatoms. The zero-order valence-corrected chi connectivity index (χ0v) is 13.5. The summed E-state index contributed by atoms with van der Waals surface area (Å²) in [5.74, 6) is 0. The second-order valence-corrected chi connectivity index (χ2v) is 0. The topological polar surface area (TPSA) is 0 Å². The highest BCUT2D eigenvalue weighted by molar-refractivity contribution is 5.86. The van der Waals surface area contributed by atoms with Crippen LogP contribution >= 0.6 is 136 Å². The van der Waals surface area contributed by atoms with Gasteiger partial charge in [0.15, 0.2) is 0 Å². The van der Waals surface area contributed by atoms with Crippen LogP contribution in [0.15, 0.2) is 0 Å². The number of hydrogen-bond acceptors (Lipinski definition) is 0. The summed E-state index contributed by atoms with van der Waals surface area (Å²) in [6, 6.07) is 0. The molecular weight excluding hydrogens is 560 g/mol. The summed E-state index contributed by atoms with van der Waals surface area (Å²) < 4.78 is 0. The highest BCUT2D eigenvalue weighted by Crippen LogP contribution is 0.700. The van der Waals surface area contributed by atoms with Crippen LogP contribution in [-0.2, 0) is 0 Å². The molecule has 0 aromatic rings. The van der Waals surface area contributed by atoms with Gasteiger partial charge in [0.05, 0.1) is 0 Å². The van der Waals surface area contributed by atoms with E-state index in [9.17, 15) is 0 Å². The molecule has 0 N–H and O–H groups in total. The van der Waals surface area contributed by atoms with E-state index in [0.29, 0.717) is 0 Å². The van der Waals surface area contributed by atoms with Gasteiger partial charge in [-0.05, 0) is 0 Å². The summed E-state index contributed by atoms with van der Waals surface area (Å²) in [5, 5.41) is 0. The Labute approximate surface area is 291 Å². The predicted molar refractivity (Wildman–Crippen MR) is 140 cm³/mol. The van der Waals surface area contributed by atoms with Crippen LogP contribution in [0.3, 0.4) is 0 Å². The molecule has 0 atom stereocenters. The lowest BCUT2D eigenvalue weighted by molar-refractivity contribution is 5.75. The first-order valence-corrected chi connectivity index (χ1v) is 0. The Morgan fingerprint density at radius 1 is 0.111 bits per heavy atom. The highest BCUT2D eigenvalue weighted by atomic mass is 35.5. The van der Waals surface area contributed by atoms with E-state index in [1.807, 2.05) is 0 Å². The third-order valence-electron chi connectivity index (χ3n) is 0. The largest absolute Gasteiger partial charge is 0.316 e. The van der Waals surface area contributed by atoms with Crippen molar-refractivity contribution in [2.75, 3.05) is 0 Å². The van der Waals surface area contributed by atoms with Gasteiger partial charge in [-0.15, -0.1) is 136 Å². The van der Waals surface area contributed by atoms with Crippen LogP contribution in [0.2, 0.25) is 0 Å². The van der Waals surface area contributed by atoms with Crippen LogP contribution in [0.5, 0.6) is 0 Å². The summed E-state index contributed by atoms with van der Waals surface area (Å²) >= 11 is 0. The Balaban J connectivity index is 0. The van der Waals surface area contributed by atoms with Crippen molar-refractivity contribution >= 4 is 298 Å². The van der Waals surface area contributed by atoms with Gasteiger partial charge in [-0.3, -0.25) is 0 Å². The van der Waals surface area contributed by atoms with Crippen molar-refractivity contribution in [1.82, 2.24) is 0 Å². The first-order chi connectivity index (χ1) is 0. The van der Waals surface area contributed by atoms with Crippen molar-refractivity contribution in [3.05, 3.63) is 0 Å². The third kappa shape index (κ3) is 186. The molecule has 0 radical (unpaired) electrons. The van der Waals surface area contributed by atoms with Crippen molar-refractivity contribution in [3.63, 3.8) is 0 Å². The maximum Gasteiger partial charge on any atom is 0.316 e. The van der Waals surface area contributed by atoms with E-state index in [4.69, 9.17) is 0 Å². The van der Waals surface area contributed by atoms with Crippen molar-refractivity contribution in [2.24, 2.45) is 0 Å². The molecule has 0 aliphatic carbocycles. The summed E-state index contributed by atoms with van der Waals surface area (Å²) in [5.41, 5.74) is 0. The molecule has 0 rings (SSSR count). The molecule has 0 aliphatic rings. The zero-order valence-electron chi connectivity index (χ0n) is 4.49. The van der Waals surface area contributed by atoms with E-state index in [1.54, 1.807) is 0 Å². The van der Waals surface area contributed by atoms with Crippen LogP contribution < -0.4 is 0 Å². The van der Waals surface area contributed by atoms with Gasteiger partial charge in [0.25, 0.3) is 0 Å². The minimum atomic E-state index is 0. The van der Waals surface area contributed by atoms with E-state index in [-0.39, 0.29) is 298 Å². The normalized spacial score (nSPS) is 0. The first kappa shape index (κ1) is 237. The second-order valence-electron chi connectivity index (χ2n) is 0. The molecule has 0 aromatic heterocycles. The van der Waals surface area contributed by atoms with Crippen LogP contribution in [0, 0.1) is 0 Å². The van der Waals surface area contributed by atoms with Crippen molar-refractivity contribution in [2.45, 2.75) is 0 Å². The minimum absolute atomic E-state index is 0. The van der Waals surface area contributed by atoms with Gasteiger partial charge >= 0.3 is 161 Å². The van der Waals surface area contributed by atoms with Gasteiger partial charge in [-0.25, -0.2) is 0 Å². The summed E-state index contributed by atoms with van der Waals surface area (Å²) in [6.45, 7) is 0. The van der Waals surface area contributed by atoms with E-state index in [0.717, 1.165) is 0 Å². The molecule has 0 fully saturated rings. The molecule has 116 valence electrons. The van der Waals surface area contributed by atoms with E-state index in [2.05, 4.69) is 0 Å². The van der Waals surface area contributed by atoms with Crippen molar-refractivity contribution < 1.29 is 0 Å². The second kappa shape index (κ2) is 211. The third-order valence-corrected chi connectivity index (χ3v) is 0. The summed E-state index contributed by atoms with van der Waals surface area (Å²) in [4.78, 5) is 0. The molecule has 0 aromatic carbocycles. The Hall–Kier alpha value is 8.55. The van der Waals surface area contributed by atoms with Crippen molar-refractivity contribution in [3.8, 4) is 0 Å². The lowest BCUT2D eigenvalue weighted by Crippen LogP contribution is -0.382. The van der Waals surface area contributed by atoms with Crippen LogP contribution in [0.4, 0.5) is 0 Å². The minimum Gasteiger partial charge on any atom is -0.147 e. The average molecular weight is 585 g/mol. The molecule has 0 bridgehead atoms. The lowest BCUT2D eigenvalue weighted by atomic mass is 24.3. The molecule has 0 amide bonds. The Bertz CT molecular complexity index is 17.4. The van der Waals surface area contributed by atoms with Crippen molar-refractivity contribution in [1.29, 1.82) is 0 Å². The molecular formula is H25Cl11Mg7. The Morgan fingerprint density at radius 2 is 0.111 bits per heavy atom. The lowest BCUT2D eigenvalue weighted by Gasteiger charge is -0.148. The van der Waals surface area contributed by atoms with E-state index < -0.39 is 0 Å². The summed E-state index contributed by atoms with van der Waals surface area (Å²) in [6.07, 6.45) is 0. The van der Waals surface area contributed by atoms with Crippen LogP contribution in [0.1, 0.15) is 0 Å². The molecule has 0 spiro atoms. The number of rotatable bonds is 0. The average Bonchev–Trinajstić information content (AvgIpc) is 0. The number of halogens is 11.